The third-order valence-electron chi connectivity index (χ3n) is 6.14. The molecular weight excluding hydrogens is 770 g/mol. The quantitative estimate of drug-likeness (QED) is 0.148. The Hall–Kier alpha value is -3.52. The lowest BCUT2D eigenvalue weighted by atomic mass is 9.85. The van der Waals surface area contributed by atoms with Crippen LogP contribution in [0.3, 0.4) is 0 Å². The molecule has 3 rings (SSSR count). The van der Waals surface area contributed by atoms with Gasteiger partial charge in [0.25, 0.3) is 5.91 Å². The molecule has 3 aromatic rings. The van der Waals surface area contributed by atoms with Crippen molar-refractivity contribution in [2.45, 2.75) is 36.5 Å². The Labute approximate surface area is 254 Å². The topological polar surface area (TPSA) is 46.2 Å². The molecule has 0 saturated heterocycles. The zero-order valence-corrected chi connectivity index (χ0v) is 23.3. The monoisotopic (exact) mass is 781 g/mol. The standard InChI is InChI=1S/C26H11F15INO2/c27-15-5-4-10(6-16(15)28)21(45)43-18-3-1-2-12(20(18)29)19(44)9-13-14(23(31,32)33)7-11(8-17(13)42)22(30,25(36,37)38)24(34,35)26(39,40)41/h1-8H,9H2,(H,43,45). The second kappa shape index (κ2) is 12.0. The first kappa shape index (κ1) is 36.0. The lowest BCUT2D eigenvalue weighted by Gasteiger charge is -2.36. The maximum atomic E-state index is 15.1. The SMILES string of the molecule is O=C(Nc1cccc(C(=O)Cc2c(I)cc(C(F)(C(F)(F)F)C(F)(F)C(F)(F)F)cc2C(F)(F)F)c1F)c1ccc(F)c(F)c1. The van der Waals surface area contributed by atoms with Crippen LogP contribution in [0.4, 0.5) is 71.5 Å². The molecule has 244 valence electrons. The number of hydrogen-bond donors (Lipinski definition) is 1. The number of carbonyl (C=O) groups is 2. The first-order valence-corrected chi connectivity index (χ1v) is 12.6. The van der Waals surface area contributed by atoms with Crippen molar-refractivity contribution in [1.82, 2.24) is 0 Å². The molecule has 0 radical (unpaired) electrons. The van der Waals surface area contributed by atoms with Crippen LogP contribution >= 0.6 is 22.6 Å². The van der Waals surface area contributed by atoms with Gasteiger partial charge in [0.05, 0.1) is 16.8 Å². The molecule has 0 aliphatic heterocycles. The van der Waals surface area contributed by atoms with Gasteiger partial charge in [-0.25, -0.2) is 17.6 Å². The number of halogens is 16. The molecule has 1 amide bonds. The molecule has 3 nitrogen and oxygen atoms in total. The molecule has 19 heteroatoms. The fraction of sp³-hybridized carbons (Fsp3) is 0.231. The van der Waals surface area contributed by atoms with Gasteiger partial charge in [0.1, 0.15) is 0 Å². The maximum absolute atomic E-state index is 15.1. The Balaban J connectivity index is 2.09. The van der Waals surface area contributed by atoms with E-state index in [-0.39, 0.29) is 6.07 Å². The number of hydrogen-bond acceptors (Lipinski definition) is 2. The highest BCUT2D eigenvalue weighted by atomic mass is 127. The minimum Gasteiger partial charge on any atom is -0.319 e. The fourth-order valence-electron chi connectivity index (χ4n) is 3.92. The second-order valence-electron chi connectivity index (χ2n) is 9.06. The van der Waals surface area contributed by atoms with Crippen LogP contribution in [-0.2, 0) is 18.3 Å². The van der Waals surface area contributed by atoms with E-state index in [4.69, 9.17) is 0 Å². The smallest absolute Gasteiger partial charge is 0.319 e. The van der Waals surface area contributed by atoms with Gasteiger partial charge in [-0.15, -0.1) is 0 Å². The van der Waals surface area contributed by atoms with Crippen molar-refractivity contribution in [2.24, 2.45) is 0 Å². The van der Waals surface area contributed by atoms with Crippen molar-refractivity contribution in [3.63, 3.8) is 0 Å². The Morgan fingerprint density at radius 3 is 1.84 bits per heavy atom. The molecular formula is C26H11F15INO2. The number of rotatable bonds is 7. The largest absolute Gasteiger partial charge is 0.457 e. The maximum Gasteiger partial charge on any atom is 0.457 e. The lowest BCUT2D eigenvalue weighted by Crippen LogP contribution is -2.59. The predicted octanol–water partition coefficient (Wildman–Crippen LogP) is 9.33. The average molecular weight is 781 g/mol. The highest BCUT2D eigenvalue weighted by molar-refractivity contribution is 14.1. The summed E-state index contributed by atoms with van der Waals surface area (Å²) in [7, 11) is 0. The summed E-state index contributed by atoms with van der Waals surface area (Å²) in [5, 5.41) is 1.90. The van der Waals surface area contributed by atoms with E-state index in [0.29, 0.717) is 18.2 Å². The highest BCUT2D eigenvalue weighted by Crippen LogP contribution is 2.59. The van der Waals surface area contributed by atoms with Crippen molar-refractivity contribution in [3.8, 4) is 0 Å². The second-order valence-corrected chi connectivity index (χ2v) is 10.2. The summed E-state index contributed by atoms with van der Waals surface area (Å²) in [5.41, 5.74) is -15.6. The summed E-state index contributed by atoms with van der Waals surface area (Å²) >= 11 is 0.744. The number of anilines is 1. The van der Waals surface area contributed by atoms with Crippen LogP contribution in [0.25, 0.3) is 0 Å². The highest BCUT2D eigenvalue weighted by Gasteiger charge is 2.81. The van der Waals surface area contributed by atoms with E-state index in [2.05, 4.69) is 0 Å². The normalized spacial score (nSPS) is 14.2. The Kier molecular flexibility index (Phi) is 9.60. The van der Waals surface area contributed by atoms with Crippen LogP contribution in [0, 0.1) is 21.0 Å². The molecule has 45 heavy (non-hydrogen) atoms. The van der Waals surface area contributed by atoms with Crippen molar-refractivity contribution in [1.29, 1.82) is 0 Å². The summed E-state index contributed by atoms with van der Waals surface area (Å²) < 4.78 is 204. The molecule has 0 heterocycles. The molecule has 0 aliphatic carbocycles. The van der Waals surface area contributed by atoms with E-state index in [1.54, 1.807) is 0 Å². The average Bonchev–Trinajstić information content (AvgIpc) is 2.89. The molecule has 3 aromatic carbocycles. The van der Waals surface area contributed by atoms with Crippen LogP contribution in [0.2, 0.25) is 0 Å². The van der Waals surface area contributed by atoms with Crippen molar-refractivity contribution < 1.29 is 75.4 Å². The van der Waals surface area contributed by atoms with Crippen molar-refractivity contribution >= 4 is 40.0 Å². The van der Waals surface area contributed by atoms with Gasteiger partial charge in [-0.05, 0) is 70.6 Å². The zero-order chi connectivity index (χ0) is 34.5. The molecule has 0 fully saturated rings. The van der Waals surface area contributed by atoms with E-state index in [1.165, 1.54) is 0 Å². The summed E-state index contributed by atoms with van der Waals surface area (Å²) in [4.78, 5) is 25.2. The molecule has 1 N–H and O–H groups in total. The van der Waals surface area contributed by atoms with E-state index in [0.717, 1.165) is 40.8 Å². The number of carbonyl (C=O) groups excluding carboxylic acids is 2. The number of benzene rings is 3. The van der Waals surface area contributed by atoms with Gasteiger partial charge in [-0.1, -0.05) is 6.07 Å². The van der Waals surface area contributed by atoms with Crippen LogP contribution in [0.1, 0.15) is 37.4 Å². The van der Waals surface area contributed by atoms with Gasteiger partial charge in [0.2, 0.25) is 0 Å². The lowest BCUT2D eigenvalue weighted by molar-refractivity contribution is -0.389. The van der Waals surface area contributed by atoms with E-state index in [9.17, 15) is 71.1 Å². The number of alkyl halides is 12. The minimum atomic E-state index is -7.28. The third kappa shape index (κ3) is 6.71. The van der Waals surface area contributed by atoms with Gasteiger partial charge in [-0.2, -0.15) is 48.3 Å². The predicted molar refractivity (Wildman–Crippen MR) is 133 cm³/mol. The molecule has 0 saturated carbocycles. The molecule has 0 aromatic heterocycles. The van der Waals surface area contributed by atoms with Gasteiger partial charge in [-0.3, -0.25) is 9.59 Å². The van der Waals surface area contributed by atoms with Crippen molar-refractivity contribution in [3.05, 3.63) is 97.4 Å². The van der Waals surface area contributed by atoms with E-state index < -0.39 is 109 Å². The number of nitrogens with one attached hydrogen (secondary N) is 1. The molecule has 1 unspecified atom stereocenters. The van der Waals surface area contributed by atoms with Crippen LogP contribution in [0.15, 0.2) is 48.5 Å². The first-order chi connectivity index (χ1) is 20.3. The van der Waals surface area contributed by atoms with Crippen LogP contribution < -0.4 is 5.32 Å². The summed E-state index contributed by atoms with van der Waals surface area (Å²) in [6, 6.07) is 2.85. The van der Waals surface area contributed by atoms with Gasteiger partial charge >= 0.3 is 30.1 Å². The van der Waals surface area contributed by atoms with Gasteiger partial charge in [0, 0.05) is 21.1 Å². The summed E-state index contributed by atoms with van der Waals surface area (Å²) in [5.74, 6) is -14.5. The van der Waals surface area contributed by atoms with Crippen molar-refractivity contribution in [2.75, 3.05) is 5.32 Å². The Bertz CT molecular complexity index is 1650. The van der Waals surface area contributed by atoms with Crippen LogP contribution in [0.5, 0.6) is 0 Å². The zero-order valence-electron chi connectivity index (χ0n) is 21.2. The third-order valence-corrected chi connectivity index (χ3v) is 7.11. The molecule has 0 bridgehead atoms. The first-order valence-electron chi connectivity index (χ1n) is 11.5. The summed E-state index contributed by atoms with van der Waals surface area (Å²) in [6.45, 7) is 0. The fourth-order valence-corrected chi connectivity index (χ4v) is 4.73. The minimum absolute atomic E-state index is 0.389. The Morgan fingerprint density at radius 2 is 1.33 bits per heavy atom. The van der Waals surface area contributed by atoms with Gasteiger partial charge in [0.15, 0.2) is 23.2 Å². The van der Waals surface area contributed by atoms with E-state index in [1.807, 2.05) is 5.32 Å². The molecule has 1 atom stereocenters. The Morgan fingerprint density at radius 1 is 0.733 bits per heavy atom. The molecule has 0 spiro atoms. The number of Topliss-reactive ketones (excluding diaryl/α,β-unsaturated/α-hetero) is 1. The number of ketones is 1. The van der Waals surface area contributed by atoms with Gasteiger partial charge < -0.3 is 5.32 Å². The molecule has 0 aliphatic rings. The van der Waals surface area contributed by atoms with Crippen LogP contribution in [-0.4, -0.2) is 30.0 Å². The summed E-state index contributed by atoms with van der Waals surface area (Å²) in [6.07, 6.45) is -21.8. The number of amides is 1. The van der Waals surface area contributed by atoms with E-state index >= 15 is 4.39 Å².